The Morgan fingerprint density at radius 3 is 2.39 bits per heavy atom. The van der Waals surface area contributed by atoms with Gasteiger partial charge in [-0.05, 0) is 31.4 Å². The van der Waals surface area contributed by atoms with Crippen molar-refractivity contribution in [1.29, 1.82) is 0 Å². The normalized spacial score (nSPS) is 19.3. The monoisotopic (exact) mass is 556 g/mol. The summed E-state index contributed by atoms with van der Waals surface area (Å²) in [6.45, 7) is 2.99. The molecule has 0 radical (unpaired) electrons. The molecule has 0 spiro atoms. The molecule has 0 aliphatic carbocycles. The molecule has 1 aliphatic heterocycles. The fourth-order valence-electron chi connectivity index (χ4n) is 2.62. The van der Waals surface area contributed by atoms with Gasteiger partial charge in [-0.1, -0.05) is 0 Å². The van der Waals surface area contributed by atoms with E-state index in [1.807, 2.05) is 0 Å². The second-order valence-corrected chi connectivity index (χ2v) is 15.7. The van der Waals surface area contributed by atoms with Crippen LogP contribution in [0.25, 0.3) is 0 Å². The van der Waals surface area contributed by atoms with Crippen molar-refractivity contribution in [2.45, 2.75) is 40.4 Å². The number of primary sulfonamides is 1. The number of anilines is 1. The van der Waals surface area contributed by atoms with Gasteiger partial charge in [-0.15, -0.1) is 11.3 Å². The number of nitrogens with two attached hydrogens (primary N) is 1. The first kappa shape index (κ1) is 25.7. The van der Waals surface area contributed by atoms with Gasteiger partial charge in [0.25, 0.3) is 0 Å². The van der Waals surface area contributed by atoms with E-state index in [4.69, 9.17) is 14.5 Å². The Morgan fingerprint density at radius 2 is 1.90 bits per heavy atom. The van der Waals surface area contributed by atoms with Crippen molar-refractivity contribution < 1.29 is 38.6 Å². The van der Waals surface area contributed by atoms with Crippen molar-refractivity contribution >= 4 is 61.3 Å². The van der Waals surface area contributed by atoms with Crippen molar-refractivity contribution in [2.24, 2.45) is 5.14 Å². The fourth-order valence-corrected chi connectivity index (χ4v) is 8.33. The number of thiophene rings is 1. The molecule has 2 unspecified atom stereocenters. The van der Waals surface area contributed by atoms with Gasteiger partial charge in [0.15, 0.2) is 9.84 Å². The number of carbonyl (C=O) groups excluding carboxylic acids is 1. The number of fused-ring (bicyclic) bond motifs is 1. The second kappa shape index (κ2) is 9.55. The number of benzene rings is 1. The molecule has 5 N–H and O–H groups in total. The zero-order valence-corrected chi connectivity index (χ0v) is 20.7. The van der Waals surface area contributed by atoms with Crippen molar-refractivity contribution in [2.75, 3.05) is 5.32 Å². The van der Waals surface area contributed by atoms with Crippen LogP contribution in [0.15, 0.2) is 38.8 Å². The Balaban J connectivity index is 0.000000221. The number of aryl methyl sites for hydroxylation is 1. The van der Waals surface area contributed by atoms with Crippen LogP contribution in [0.1, 0.15) is 25.8 Å². The number of hydrogen-bond acceptors (Lipinski definition) is 9. The molecule has 15 heteroatoms. The number of amides is 1. The van der Waals surface area contributed by atoms with E-state index in [0.717, 1.165) is 11.3 Å². The Labute approximate surface area is 186 Å². The Hall–Kier alpha value is -1.51. The predicted octanol–water partition coefficient (Wildman–Crippen LogP) is 0.207. The van der Waals surface area contributed by atoms with Crippen molar-refractivity contribution in [3.8, 4) is 0 Å². The van der Waals surface area contributed by atoms with Crippen LogP contribution < -0.4 is 14.8 Å². The summed E-state index contributed by atoms with van der Waals surface area (Å²) < 4.78 is 70.0. The van der Waals surface area contributed by atoms with Crippen molar-refractivity contribution in [1.82, 2.24) is 0 Å². The van der Waals surface area contributed by atoms with E-state index >= 15 is 0 Å². The summed E-state index contributed by atoms with van der Waals surface area (Å²) in [5.41, 5.74) is 1.08. The number of hydrogen-bond donors (Lipinski definition) is 4. The predicted molar refractivity (Wildman–Crippen MR) is 113 cm³/mol. The maximum atomic E-state index is 11.9. The van der Waals surface area contributed by atoms with Gasteiger partial charge in [0.2, 0.25) is 10.0 Å². The topological polar surface area (TPSA) is 190 Å². The first-order chi connectivity index (χ1) is 14.2. The number of carbonyl (C=O) groups is 1. The van der Waals surface area contributed by atoms with Crippen LogP contribution in [-0.4, -0.2) is 51.5 Å². The smallest absolute Gasteiger partial charge is 0.224 e. The fraction of sp³-hybridized carbons (Fsp3) is 0.312. The van der Waals surface area contributed by atoms with Crippen molar-refractivity contribution in [3.63, 3.8) is 0 Å². The number of nitrogens with one attached hydrogen (secondary N) is 1. The molecule has 2 heterocycles. The van der Waals surface area contributed by atoms with E-state index in [1.54, 1.807) is 6.92 Å². The summed E-state index contributed by atoms with van der Waals surface area (Å²) in [6, 6.07) is 6.88. The molecule has 31 heavy (non-hydrogen) atoms. The van der Waals surface area contributed by atoms with Crippen LogP contribution in [-0.2, 0) is 38.7 Å². The first-order valence-electron chi connectivity index (χ1n) is 8.62. The van der Waals surface area contributed by atoms with E-state index in [-0.39, 0.29) is 18.7 Å². The van der Waals surface area contributed by atoms with Crippen LogP contribution in [0, 0.1) is 0 Å². The molecular formula is C16H21AsN2O9S3. The van der Waals surface area contributed by atoms with Gasteiger partial charge in [0.05, 0.1) is 5.25 Å². The van der Waals surface area contributed by atoms with Crippen LogP contribution in [0.4, 0.5) is 5.69 Å². The summed E-state index contributed by atoms with van der Waals surface area (Å²) in [7, 11) is -7.17. The number of sulfone groups is 1. The van der Waals surface area contributed by atoms with E-state index < -0.39 is 39.3 Å². The van der Waals surface area contributed by atoms with Crippen molar-refractivity contribution in [3.05, 3.63) is 35.9 Å². The van der Waals surface area contributed by atoms with Gasteiger partial charge in [-0.2, -0.15) is 0 Å². The molecule has 0 saturated carbocycles. The minimum Gasteiger partial charge on any atom is -0.224 e. The molecule has 0 saturated heterocycles. The largest absolute Gasteiger partial charge is 0.247 e. The summed E-state index contributed by atoms with van der Waals surface area (Å²) in [6.07, 6.45) is 1.11. The minimum atomic E-state index is -4.76. The molecule has 3 rings (SSSR count). The van der Waals surface area contributed by atoms with E-state index in [9.17, 15) is 25.4 Å². The molecule has 1 aromatic heterocycles. The molecule has 2 atom stereocenters. The average molecular weight is 556 g/mol. The summed E-state index contributed by atoms with van der Waals surface area (Å²) in [5.74, 6) is -0.237. The molecule has 11 nitrogen and oxygen atoms in total. The molecular weight excluding hydrogens is 535 g/mol. The third kappa shape index (κ3) is 6.26. The third-order valence-electron chi connectivity index (χ3n) is 4.26. The number of sulfonamides is 1. The van der Waals surface area contributed by atoms with E-state index in [0.29, 0.717) is 24.1 Å². The van der Waals surface area contributed by atoms with Crippen LogP contribution >= 0.6 is 11.3 Å². The Kier molecular flexibility index (Phi) is 7.93. The maximum Gasteiger partial charge on any atom is 0.247 e. The summed E-state index contributed by atoms with van der Waals surface area (Å²) >= 11 is -4.01. The molecule has 1 amide bonds. The molecule has 0 bridgehead atoms. The maximum absolute atomic E-state index is 11.9. The Morgan fingerprint density at radius 1 is 1.32 bits per heavy atom. The van der Waals surface area contributed by atoms with E-state index in [1.165, 1.54) is 37.3 Å². The third-order valence-corrected chi connectivity index (χ3v) is 12.1. The van der Waals surface area contributed by atoms with Crippen LogP contribution in [0.3, 0.4) is 0 Å². The molecule has 1 aliphatic rings. The Bertz CT molecular complexity index is 1220. The first-order valence-corrected chi connectivity index (χ1v) is 15.8. The summed E-state index contributed by atoms with van der Waals surface area (Å²) in [4.78, 5) is 10.7. The summed E-state index contributed by atoms with van der Waals surface area (Å²) in [5, 5.41) is 15.2. The van der Waals surface area contributed by atoms with Gasteiger partial charge in [0, 0.05) is 0 Å². The number of rotatable bonds is 4. The van der Waals surface area contributed by atoms with Gasteiger partial charge in [-0.3, -0.25) is 0 Å². The quantitative estimate of drug-likeness (QED) is 0.232. The zero-order chi connectivity index (χ0) is 23.6. The SMILES string of the molecule is CC(=O)Nc1ccc([As](=O)(O)OO)cc1.CC1CCc2cc(S(N)(=O)=O)sc2S1(=O)=O. The minimum absolute atomic E-state index is 0.00438. The average Bonchev–Trinajstić information content (AvgIpc) is 3.12. The van der Waals surface area contributed by atoms with Gasteiger partial charge >= 0.3 is 88.4 Å². The molecule has 0 fully saturated rings. The second-order valence-electron chi connectivity index (χ2n) is 6.65. The van der Waals surface area contributed by atoms with Crippen LogP contribution in [0.2, 0.25) is 0 Å². The standard InChI is InChI=1S/C8H10AsNO5.C8H11NO4S3/c1-6(11)10-8-4-2-7(3-5-8)9(12,13)15-14;1-5-2-3-6-4-7(16(9,12)13)14-8(6)15(5,10)11/h2-5,14H,1H3,(H,10,11)(H,12,13);4-5H,2-3H2,1H3,(H2,9,12,13). The van der Waals surface area contributed by atoms with Gasteiger partial charge < -0.3 is 0 Å². The molecule has 2 aromatic rings. The van der Waals surface area contributed by atoms with Gasteiger partial charge in [-0.25, -0.2) is 22.0 Å². The van der Waals surface area contributed by atoms with Crippen LogP contribution in [0.5, 0.6) is 0 Å². The van der Waals surface area contributed by atoms with Gasteiger partial charge in [0.1, 0.15) is 8.42 Å². The molecule has 1 aromatic carbocycles. The van der Waals surface area contributed by atoms with E-state index in [2.05, 4.69) is 9.19 Å². The zero-order valence-electron chi connectivity index (χ0n) is 16.4. The molecule has 172 valence electrons.